The lowest BCUT2D eigenvalue weighted by Gasteiger charge is -2.27. The number of ether oxygens (including phenoxy) is 1. The van der Waals surface area contributed by atoms with E-state index in [9.17, 15) is 24.0 Å². The van der Waals surface area contributed by atoms with E-state index in [2.05, 4.69) is 16.0 Å². The van der Waals surface area contributed by atoms with Gasteiger partial charge in [-0.05, 0) is 26.3 Å². The maximum absolute atomic E-state index is 13.1. The van der Waals surface area contributed by atoms with Crippen LogP contribution >= 0.6 is 0 Å². The quantitative estimate of drug-likeness (QED) is 0.259. The van der Waals surface area contributed by atoms with Gasteiger partial charge >= 0.3 is 6.09 Å². The molecular formula is C24H33N5O6. The molecule has 0 aliphatic carbocycles. The maximum Gasteiger partial charge on any atom is 0.407 e. The van der Waals surface area contributed by atoms with E-state index >= 15 is 0 Å². The normalized spacial score (nSPS) is 16.7. The molecule has 0 fully saturated rings. The Morgan fingerprint density at radius 1 is 1.17 bits per heavy atom. The number of nitrogens with zero attached hydrogens (tertiary/aromatic N) is 1. The number of amides is 4. The number of nitrogens with one attached hydrogen (secondary N) is 3. The van der Waals surface area contributed by atoms with Crippen LogP contribution in [0.15, 0.2) is 42.5 Å². The topological polar surface area (TPSA) is 160 Å². The van der Waals surface area contributed by atoms with Crippen LogP contribution in [-0.2, 0) is 30.3 Å². The Bertz CT molecular complexity index is 943. The molecule has 1 heterocycles. The number of carbonyl (C=O) groups excluding carboxylic acids is 5. The van der Waals surface area contributed by atoms with Crippen molar-refractivity contribution < 1.29 is 28.7 Å². The van der Waals surface area contributed by atoms with E-state index in [1.165, 1.54) is 4.90 Å². The first kappa shape index (κ1) is 27.5. The van der Waals surface area contributed by atoms with Crippen LogP contribution in [0.5, 0.6) is 0 Å². The van der Waals surface area contributed by atoms with Crippen LogP contribution in [0.25, 0.3) is 0 Å². The average Bonchev–Trinajstić information content (AvgIpc) is 3.28. The third kappa shape index (κ3) is 9.20. The SMILES string of the molecule is CC(C)(C)OC(=O)NC[C@H](N)C(=O)NCC(=O)N[C@@H](Cc1ccccc1)C(=O)N1CC=C[C@@H]1C=O. The largest absolute Gasteiger partial charge is 0.444 e. The highest BCUT2D eigenvalue weighted by atomic mass is 16.6. The van der Waals surface area contributed by atoms with Gasteiger partial charge in [-0.2, -0.15) is 0 Å². The Labute approximate surface area is 204 Å². The van der Waals surface area contributed by atoms with E-state index in [4.69, 9.17) is 10.5 Å². The molecular weight excluding hydrogens is 454 g/mol. The molecule has 0 bridgehead atoms. The smallest absolute Gasteiger partial charge is 0.407 e. The van der Waals surface area contributed by atoms with Gasteiger partial charge in [0.25, 0.3) is 0 Å². The number of alkyl carbamates (subject to hydrolysis) is 1. The van der Waals surface area contributed by atoms with E-state index in [1.807, 2.05) is 30.3 Å². The van der Waals surface area contributed by atoms with Gasteiger partial charge in [0, 0.05) is 19.5 Å². The average molecular weight is 488 g/mol. The molecule has 0 radical (unpaired) electrons. The zero-order chi connectivity index (χ0) is 26.0. The number of carbonyl (C=O) groups is 5. The summed E-state index contributed by atoms with van der Waals surface area (Å²) in [5.74, 6) is -1.67. The summed E-state index contributed by atoms with van der Waals surface area (Å²) in [6.45, 7) is 4.76. The van der Waals surface area contributed by atoms with Crippen LogP contribution in [0.3, 0.4) is 0 Å². The summed E-state index contributed by atoms with van der Waals surface area (Å²) >= 11 is 0. The summed E-state index contributed by atoms with van der Waals surface area (Å²) in [7, 11) is 0. The van der Waals surface area contributed by atoms with Crippen LogP contribution < -0.4 is 21.7 Å². The Morgan fingerprint density at radius 2 is 1.86 bits per heavy atom. The van der Waals surface area contributed by atoms with Crippen LogP contribution in [-0.4, -0.2) is 78.4 Å². The lowest BCUT2D eigenvalue weighted by molar-refractivity contribution is -0.138. The Kier molecular flexibility index (Phi) is 9.95. The van der Waals surface area contributed by atoms with Crippen molar-refractivity contribution in [2.45, 2.75) is 50.9 Å². The summed E-state index contributed by atoms with van der Waals surface area (Å²) in [5, 5.41) is 7.42. The zero-order valence-electron chi connectivity index (χ0n) is 20.2. The minimum absolute atomic E-state index is 0.188. The Hall–Kier alpha value is -3.73. The van der Waals surface area contributed by atoms with E-state index < -0.39 is 54.1 Å². The van der Waals surface area contributed by atoms with Gasteiger partial charge in [-0.1, -0.05) is 42.5 Å². The molecule has 0 unspecified atom stereocenters. The molecule has 0 spiro atoms. The number of benzene rings is 1. The molecule has 0 aromatic heterocycles. The molecule has 0 saturated heterocycles. The fourth-order valence-electron chi connectivity index (χ4n) is 3.29. The Morgan fingerprint density at radius 3 is 2.49 bits per heavy atom. The van der Waals surface area contributed by atoms with E-state index in [1.54, 1.807) is 32.9 Å². The lowest BCUT2D eigenvalue weighted by Crippen LogP contribution is -2.54. The van der Waals surface area contributed by atoms with Crippen molar-refractivity contribution in [3.8, 4) is 0 Å². The molecule has 5 N–H and O–H groups in total. The molecule has 4 amide bonds. The number of nitrogens with two attached hydrogens (primary N) is 1. The summed E-state index contributed by atoms with van der Waals surface area (Å²) in [5.41, 5.74) is 5.89. The number of aldehydes is 1. The van der Waals surface area contributed by atoms with Crippen molar-refractivity contribution in [1.82, 2.24) is 20.9 Å². The first-order valence-electron chi connectivity index (χ1n) is 11.3. The molecule has 11 heteroatoms. The van der Waals surface area contributed by atoms with Crippen LogP contribution in [0.1, 0.15) is 26.3 Å². The minimum atomic E-state index is -1.11. The maximum atomic E-state index is 13.1. The highest BCUT2D eigenvalue weighted by molar-refractivity contribution is 5.92. The van der Waals surface area contributed by atoms with Gasteiger partial charge in [0.2, 0.25) is 17.7 Å². The van der Waals surface area contributed by atoms with Crippen LogP contribution in [0, 0.1) is 0 Å². The second-order valence-electron chi connectivity index (χ2n) is 9.06. The van der Waals surface area contributed by atoms with Gasteiger partial charge < -0.3 is 36.1 Å². The summed E-state index contributed by atoms with van der Waals surface area (Å²) in [6, 6.07) is 6.38. The lowest BCUT2D eigenvalue weighted by atomic mass is 10.0. The van der Waals surface area contributed by atoms with E-state index in [-0.39, 0.29) is 19.5 Å². The van der Waals surface area contributed by atoms with Crippen LogP contribution in [0.2, 0.25) is 0 Å². The van der Waals surface area contributed by atoms with Gasteiger partial charge in [0.1, 0.15) is 30.0 Å². The van der Waals surface area contributed by atoms with E-state index in [0.29, 0.717) is 6.29 Å². The first-order valence-corrected chi connectivity index (χ1v) is 11.3. The number of hydrogen-bond acceptors (Lipinski definition) is 7. The van der Waals surface area contributed by atoms with Crippen molar-refractivity contribution in [3.05, 3.63) is 48.0 Å². The molecule has 1 aliphatic rings. The van der Waals surface area contributed by atoms with Crippen LogP contribution in [0.4, 0.5) is 4.79 Å². The van der Waals surface area contributed by atoms with Gasteiger partial charge in [-0.25, -0.2) is 4.79 Å². The zero-order valence-corrected chi connectivity index (χ0v) is 20.2. The van der Waals surface area contributed by atoms with Gasteiger partial charge in [-0.15, -0.1) is 0 Å². The third-order valence-electron chi connectivity index (χ3n) is 4.96. The summed E-state index contributed by atoms with van der Waals surface area (Å²) in [6.07, 6.45) is 3.49. The fraction of sp³-hybridized carbons (Fsp3) is 0.458. The molecule has 11 nitrogen and oxygen atoms in total. The molecule has 0 saturated carbocycles. The monoisotopic (exact) mass is 487 g/mol. The third-order valence-corrected chi connectivity index (χ3v) is 4.96. The molecule has 2 rings (SSSR count). The molecule has 190 valence electrons. The second-order valence-corrected chi connectivity index (χ2v) is 9.06. The first-order chi connectivity index (χ1) is 16.5. The minimum Gasteiger partial charge on any atom is -0.444 e. The molecule has 1 aliphatic heterocycles. The Balaban J connectivity index is 1.91. The predicted octanol–water partition coefficient (Wildman–Crippen LogP) is -0.352. The fourth-order valence-corrected chi connectivity index (χ4v) is 3.29. The molecule has 1 aromatic rings. The number of hydrogen-bond donors (Lipinski definition) is 4. The standard InChI is InChI=1S/C24H33N5O6/c1-24(2,3)35-23(34)27-13-18(25)21(32)26-14-20(31)28-19(12-16-8-5-4-6-9-16)22(33)29-11-7-10-17(29)15-30/h4-10,15,17-19H,11-14,25H2,1-3H3,(H,26,32)(H,27,34)(H,28,31)/t17-,18+,19+/m1/s1. The highest BCUT2D eigenvalue weighted by Gasteiger charge is 2.31. The molecule has 1 aromatic carbocycles. The van der Waals surface area contributed by atoms with Crippen molar-refractivity contribution in [1.29, 1.82) is 0 Å². The van der Waals surface area contributed by atoms with Gasteiger partial charge in [0.15, 0.2) is 0 Å². The predicted molar refractivity (Wildman–Crippen MR) is 128 cm³/mol. The van der Waals surface area contributed by atoms with Crippen molar-refractivity contribution in [2.75, 3.05) is 19.6 Å². The highest BCUT2D eigenvalue weighted by Crippen LogP contribution is 2.13. The van der Waals surface area contributed by atoms with Crippen molar-refractivity contribution >= 4 is 30.1 Å². The van der Waals surface area contributed by atoms with Crippen molar-refractivity contribution in [2.24, 2.45) is 5.73 Å². The molecule has 3 atom stereocenters. The summed E-state index contributed by atoms with van der Waals surface area (Å²) < 4.78 is 5.08. The van der Waals surface area contributed by atoms with Gasteiger partial charge in [0.05, 0.1) is 6.54 Å². The van der Waals surface area contributed by atoms with Gasteiger partial charge in [-0.3, -0.25) is 14.4 Å². The molecule has 35 heavy (non-hydrogen) atoms. The van der Waals surface area contributed by atoms with E-state index in [0.717, 1.165) is 5.56 Å². The second kappa shape index (κ2) is 12.7. The number of rotatable bonds is 10. The van der Waals surface area contributed by atoms with Crippen molar-refractivity contribution in [3.63, 3.8) is 0 Å². The summed E-state index contributed by atoms with van der Waals surface area (Å²) in [4.78, 5) is 62.2.